The normalized spacial score (nSPS) is 14.8. The van der Waals surface area contributed by atoms with E-state index in [1.165, 1.54) is 5.57 Å². The molecule has 2 rings (SSSR count). The Morgan fingerprint density at radius 3 is 1.90 bits per heavy atom. The number of rotatable bonds is 6. The fourth-order valence-electron chi connectivity index (χ4n) is 2.63. The van der Waals surface area contributed by atoms with Crippen molar-refractivity contribution in [3.8, 4) is 0 Å². The largest absolute Gasteiger partial charge is 0.662 e. The van der Waals surface area contributed by atoms with Crippen molar-refractivity contribution in [1.82, 2.24) is 0 Å². The van der Waals surface area contributed by atoms with Crippen LogP contribution in [-0.4, -0.2) is 51.3 Å². The van der Waals surface area contributed by atoms with Crippen LogP contribution in [0.3, 0.4) is 0 Å². The molecule has 0 spiro atoms. The maximum Gasteiger partial charge on any atom is 0.309 e. The molecule has 8 heteroatoms. The molecule has 2 radical (unpaired) electrons. The van der Waals surface area contributed by atoms with Gasteiger partial charge in [0.1, 0.15) is 0 Å². The molecule has 1 saturated heterocycles. The molecule has 0 aromatic carbocycles. The number of piperidine rings is 1. The summed E-state index contributed by atoms with van der Waals surface area (Å²) >= 11 is 0. The first-order valence-electron chi connectivity index (χ1n) is 10.9. The van der Waals surface area contributed by atoms with Gasteiger partial charge >= 0.3 is 11.9 Å². The molecule has 0 aliphatic carbocycles. The summed E-state index contributed by atoms with van der Waals surface area (Å²) in [7, 11) is 0. The molecule has 0 saturated carbocycles. The van der Waals surface area contributed by atoms with Gasteiger partial charge in [-0.2, -0.15) is 0 Å². The van der Waals surface area contributed by atoms with Crippen molar-refractivity contribution < 1.29 is 84.5 Å². The maximum absolute atomic E-state index is 11.1. The Balaban J connectivity index is -0.000000183. The van der Waals surface area contributed by atoms with E-state index in [-0.39, 0.29) is 77.4 Å². The zero-order chi connectivity index (χ0) is 21.6. The van der Waals surface area contributed by atoms with Crippen LogP contribution >= 0.6 is 0 Å². The number of ether oxygens (including phenoxy) is 2. The summed E-state index contributed by atoms with van der Waals surface area (Å²) in [6.45, 7) is 16.1. The molecule has 172 valence electrons. The minimum absolute atomic E-state index is 0. The third-order valence-electron chi connectivity index (χ3n) is 3.93. The van der Waals surface area contributed by atoms with E-state index < -0.39 is 0 Å². The van der Waals surface area contributed by atoms with E-state index in [1.807, 2.05) is 47.6 Å². The molecule has 0 unspecified atom stereocenters. The van der Waals surface area contributed by atoms with Crippen LogP contribution in [0.15, 0.2) is 11.6 Å². The Morgan fingerprint density at radius 1 is 0.900 bits per heavy atom. The monoisotopic (exact) mass is 576 g/mol. The number of carbonyl (C=O) groups is 2. The SMILES string of the molecule is CC.CC.CCOC(=O)CC1=CC[N-]CC1.CCOC(=O)CC1CC[N-]CC1.[Y].[Y]. The molecule has 2 aliphatic rings. The number of carbonyl (C=O) groups excluding carboxylic acids is 2. The van der Waals surface area contributed by atoms with Gasteiger partial charge in [-0.3, -0.25) is 9.59 Å². The molecule has 0 amide bonds. The molecule has 1 fully saturated rings. The number of hydrogen-bond acceptors (Lipinski definition) is 4. The van der Waals surface area contributed by atoms with E-state index in [9.17, 15) is 9.59 Å². The predicted octanol–water partition coefficient (Wildman–Crippen LogP) is 5.41. The van der Waals surface area contributed by atoms with Crippen LogP contribution in [0.2, 0.25) is 0 Å². The molecular formula is C22H42N2O4Y2-2. The van der Waals surface area contributed by atoms with Crippen LogP contribution in [0, 0.1) is 5.92 Å². The van der Waals surface area contributed by atoms with Gasteiger partial charge in [0.05, 0.1) is 19.6 Å². The third kappa shape index (κ3) is 23.5. The quantitative estimate of drug-likeness (QED) is 0.313. The van der Waals surface area contributed by atoms with Gasteiger partial charge in [0.25, 0.3) is 0 Å². The zero-order valence-corrected chi connectivity index (χ0v) is 25.8. The average Bonchev–Trinajstić information content (AvgIpc) is 2.73. The van der Waals surface area contributed by atoms with Gasteiger partial charge < -0.3 is 20.1 Å². The molecule has 0 aromatic rings. The van der Waals surface area contributed by atoms with E-state index in [2.05, 4.69) is 10.6 Å². The smallest absolute Gasteiger partial charge is 0.309 e. The van der Waals surface area contributed by atoms with Gasteiger partial charge in [0, 0.05) is 71.8 Å². The minimum atomic E-state index is -0.120. The summed E-state index contributed by atoms with van der Waals surface area (Å²) in [4.78, 5) is 22.1. The van der Waals surface area contributed by atoms with Crippen LogP contribution < -0.4 is 0 Å². The Bertz CT molecular complexity index is 416. The van der Waals surface area contributed by atoms with Crippen LogP contribution in [-0.2, 0) is 84.5 Å². The van der Waals surface area contributed by atoms with Gasteiger partial charge in [0.2, 0.25) is 0 Å². The summed E-state index contributed by atoms with van der Waals surface area (Å²) < 4.78 is 9.71. The Hall–Kier alpha value is 0.808. The van der Waals surface area contributed by atoms with Gasteiger partial charge in [-0.05, 0) is 19.8 Å². The zero-order valence-electron chi connectivity index (χ0n) is 20.1. The standard InChI is InChI=1S/C9H16NO2.C9H14NO2.2C2H6.2Y/c2*1-2-12-9(11)7-8-3-5-10-6-4-8;2*1-2;;/h8H,2-7H2,1H3;3H,2,4-7H2,1H3;2*1-2H3;;/q2*-1;;;;. The summed E-state index contributed by atoms with van der Waals surface area (Å²) in [5.74, 6) is 0.344. The number of nitrogens with zero attached hydrogens (tertiary/aromatic N) is 2. The molecule has 0 atom stereocenters. The van der Waals surface area contributed by atoms with Crippen molar-refractivity contribution in [2.45, 2.75) is 73.6 Å². The van der Waals surface area contributed by atoms with Crippen molar-refractivity contribution in [2.75, 3.05) is 39.4 Å². The Morgan fingerprint density at radius 2 is 1.43 bits per heavy atom. The molecule has 2 aliphatic heterocycles. The van der Waals surface area contributed by atoms with Crippen molar-refractivity contribution in [3.63, 3.8) is 0 Å². The maximum atomic E-state index is 11.1. The van der Waals surface area contributed by atoms with Crippen molar-refractivity contribution >= 4 is 11.9 Å². The average molecular weight is 576 g/mol. The van der Waals surface area contributed by atoms with Crippen LogP contribution in [0.4, 0.5) is 0 Å². The van der Waals surface area contributed by atoms with Gasteiger partial charge in [-0.25, -0.2) is 0 Å². The molecular weight excluding hydrogens is 534 g/mol. The van der Waals surface area contributed by atoms with Crippen molar-refractivity contribution in [3.05, 3.63) is 22.3 Å². The van der Waals surface area contributed by atoms with E-state index >= 15 is 0 Å². The van der Waals surface area contributed by atoms with Crippen LogP contribution in [0.1, 0.15) is 73.6 Å². The van der Waals surface area contributed by atoms with Gasteiger partial charge in [-0.1, -0.05) is 52.5 Å². The van der Waals surface area contributed by atoms with Crippen LogP contribution in [0.5, 0.6) is 0 Å². The first-order valence-corrected chi connectivity index (χ1v) is 10.9. The predicted molar refractivity (Wildman–Crippen MR) is 117 cm³/mol. The second-order valence-electron chi connectivity index (χ2n) is 5.85. The Kier molecular flexibility index (Phi) is 37.8. The number of esters is 2. The fraction of sp³-hybridized carbons (Fsp3) is 0.818. The summed E-state index contributed by atoms with van der Waals surface area (Å²) in [5.41, 5.74) is 1.17. The van der Waals surface area contributed by atoms with E-state index in [0.717, 1.165) is 45.4 Å². The molecule has 2 heterocycles. The van der Waals surface area contributed by atoms with Crippen molar-refractivity contribution in [1.29, 1.82) is 0 Å². The third-order valence-corrected chi connectivity index (χ3v) is 3.93. The first kappa shape index (κ1) is 38.1. The van der Waals surface area contributed by atoms with E-state index in [1.54, 1.807) is 0 Å². The fourth-order valence-corrected chi connectivity index (χ4v) is 2.63. The number of hydrogen-bond donors (Lipinski definition) is 0. The van der Waals surface area contributed by atoms with Crippen LogP contribution in [0.25, 0.3) is 10.6 Å². The van der Waals surface area contributed by atoms with E-state index in [4.69, 9.17) is 9.47 Å². The second-order valence-corrected chi connectivity index (χ2v) is 5.85. The summed E-state index contributed by atoms with van der Waals surface area (Å²) in [6, 6.07) is 0. The second kappa shape index (κ2) is 29.8. The van der Waals surface area contributed by atoms with Gasteiger partial charge in [-0.15, -0.1) is 32.3 Å². The summed E-state index contributed by atoms with van der Waals surface area (Å²) in [6.07, 6.45) is 6.07. The van der Waals surface area contributed by atoms with E-state index in [0.29, 0.717) is 32.0 Å². The topological polar surface area (TPSA) is 80.8 Å². The minimum Gasteiger partial charge on any atom is -0.662 e. The summed E-state index contributed by atoms with van der Waals surface area (Å²) in [5, 5.41) is 8.38. The molecule has 0 N–H and O–H groups in total. The molecule has 30 heavy (non-hydrogen) atoms. The first-order chi connectivity index (χ1) is 13.7. The Labute approximate surface area is 235 Å². The molecule has 0 aromatic heterocycles. The van der Waals surface area contributed by atoms with Gasteiger partial charge in [0.15, 0.2) is 0 Å². The van der Waals surface area contributed by atoms with Crippen molar-refractivity contribution in [2.24, 2.45) is 5.92 Å². The molecule has 0 bridgehead atoms. The molecule has 6 nitrogen and oxygen atoms in total.